The first-order valence-corrected chi connectivity index (χ1v) is 11.5. The fourth-order valence-corrected chi connectivity index (χ4v) is 5.05. The standard InChI is InChI=1S/C27H28N2O5/c1-2-7-24(26(32)28-18-13-12-17(14-18)15-25(30)31)29-27(33)34-16-23-21-10-5-3-8-19(21)20-9-4-6-11-22(20)23/h1,3-6,8-11,17-18,23-24H,7,12-16H2,(H,28,32)(H,29,33)(H,30,31). The van der Waals surface area contributed by atoms with E-state index in [-0.39, 0.29) is 43.2 Å². The molecule has 0 saturated heterocycles. The number of fused-ring (bicyclic) bond motifs is 3. The van der Waals surface area contributed by atoms with Crippen molar-refractivity contribution in [3.8, 4) is 23.5 Å². The number of terminal acetylenes is 1. The van der Waals surface area contributed by atoms with Gasteiger partial charge in [-0.3, -0.25) is 9.59 Å². The second kappa shape index (κ2) is 10.4. The molecule has 0 bridgehead atoms. The number of benzene rings is 2. The molecule has 3 N–H and O–H groups in total. The summed E-state index contributed by atoms with van der Waals surface area (Å²) in [5.74, 6) is 1.18. The molecule has 0 heterocycles. The van der Waals surface area contributed by atoms with E-state index in [1.165, 1.54) is 0 Å². The Bertz CT molecular complexity index is 1080. The summed E-state index contributed by atoms with van der Waals surface area (Å²) in [5, 5.41) is 14.5. The minimum Gasteiger partial charge on any atom is -0.481 e. The molecule has 2 aromatic carbocycles. The molecule has 0 spiro atoms. The number of carbonyl (C=O) groups is 3. The van der Waals surface area contributed by atoms with Crippen molar-refractivity contribution in [1.82, 2.24) is 10.6 Å². The lowest BCUT2D eigenvalue weighted by Gasteiger charge is -2.20. The van der Waals surface area contributed by atoms with Crippen LogP contribution < -0.4 is 10.6 Å². The third-order valence-corrected chi connectivity index (χ3v) is 6.63. The van der Waals surface area contributed by atoms with Gasteiger partial charge in [0.25, 0.3) is 0 Å². The number of carboxylic acid groups (broad SMARTS) is 1. The van der Waals surface area contributed by atoms with Crippen LogP contribution in [0.3, 0.4) is 0 Å². The number of carbonyl (C=O) groups excluding carboxylic acids is 2. The highest BCUT2D eigenvalue weighted by molar-refractivity contribution is 5.86. The Balaban J connectivity index is 1.34. The average molecular weight is 461 g/mol. The number of hydrogen-bond donors (Lipinski definition) is 3. The Morgan fingerprint density at radius 3 is 2.32 bits per heavy atom. The van der Waals surface area contributed by atoms with Crippen LogP contribution in [0.4, 0.5) is 4.79 Å². The predicted molar refractivity (Wildman–Crippen MR) is 127 cm³/mol. The Morgan fingerprint density at radius 1 is 1.06 bits per heavy atom. The zero-order valence-corrected chi connectivity index (χ0v) is 18.8. The number of amides is 2. The molecule has 176 valence electrons. The molecule has 0 aromatic heterocycles. The van der Waals surface area contributed by atoms with Crippen LogP contribution in [0.15, 0.2) is 48.5 Å². The Labute approximate surface area is 198 Å². The Kier molecular flexibility index (Phi) is 7.17. The number of ether oxygens (including phenoxy) is 1. The van der Waals surface area contributed by atoms with Gasteiger partial charge in [0, 0.05) is 24.8 Å². The van der Waals surface area contributed by atoms with Crippen molar-refractivity contribution in [2.45, 2.75) is 50.1 Å². The fourth-order valence-electron chi connectivity index (χ4n) is 5.05. The first-order chi connectivity index (χ1) is 16.5. The molecule has 2 amide bonds. The molecule has 0 aliphatic heterocycles. The van der Waals surface area contributed by atoms with Gasteiger partial charge in [0.2, 0.25) is 5.91 Å². The lowest BCUT2D eigenvalue weighted by Crippen LogP contribution is -2.49. The molecule has 1 saturated carbocycles. The minimum absolute atomic E-state index is 0.0291. The van der Waals surface area contributed by atoms with Gasteiger partial charge < -0.3 is 20.5 Å². The van der Waals surface area contributed by atoms with Gasteiger partial charge in [-0.25, -0.2) is 4.79 Å². The highest BCUT2D eigenvalue weighted by Gasteiger charge is 2.31. The molecule has 4 rings (SSSR count). The molecule has 34 heavy (non-hydrogen) atoms. The van der Waals surface area contributed by atoms with Crippen molar-refractivity contribution in [2.75, 3.05) is 6.61 Å². The number of hydrogen-bond acceptors (Lipinski definition) is 4. The highest BCUT2D eigenvalue weighted by atomic mass is 16.5. The number of alkyl carbamates (subject to hydrolysis) is 1. The van der Waals surface area contributed by atoms with Crippen LogP contribution in [0.1, 0.15) is 49.1 Å². The summed E-state index contributed by atoms with van der Waals surface area (Å²) in [6, 6.07) is 15.1. The van der Waals surface area contributed by atoms with Crippen molar-refractivity contribution < 1.29 is 24.2 Å². The van der Waals surface area contributed by atoms with E-state index >= 15 is 0 Å². The van der Waals surface area contributed by atoms with Crippen LogP contribution in [0.2, 0.25) is 0 Å². The van der Waals surface area contributed by atoms with Crippen LogP contribution in [0.25, 0.3) is 11.1 Å². The van der Waals surface area contributed by atoms with Gasteiger partial charge in [0.1, 0.15) is 12.6 Å². The zero-order valence-electron chi connectivity index (χ0n) is 18.8. The molecule has 0 radical (unpaired) electrons. The lowest BCUT2D eigenvalue weighted by molar-refractivity contribution is -0.138. The minimum atomic E-state index is -0.917. The average Bonchev–Trinajstić information content (AvgIpc) is 3.38. The van der Waals surface area contributed by atoms with Gasteiger partial charge >= 0.3 is 12.1 Å². The summed E-state index contributed by atoms with van der Waals surface area (Å²) in [6.45, 7) is 0.143. The van der Waals surface area contributed by atoms with Crippen LogP contribution in [0.5, 0.6) is 0 Å². The molecular formula is C27H28N2O5. The van der Waals surface area contributed by atoms with Gasteiger partial charge in [-0.05, 0) is 47.4 Å². The van der Waals surface area contributed by atoms with E-state index in [1.807, 2.05) is 36.4 Å². The van der Waals surface area contributed by atoms with Crippen molar-refractivity contribution in [2.24, 2.45) is 5.92 Å². The fraction of sp³-hybridized carbons (Fsp3) is 0.370. The SMILES string of the molecule is C#CCC(NC(=O)OCC1c2ccccc2-c2ccccc21)C(=O)NC1CCC(CC(=O)O)C1. The molecule has 2 aliphatic rings. The maximum Gasteiger partial charge on any atom is 0.407 e. The summed E-state index contributed by atoms with van der Waals surface area (Å²) in [7, 11) is 0. The number of nitrogens with one attached hydrogen (secondary N) is 2. The summed E-state index contributed by atoms with van der Waals surface area (Å²) in [6.07, 6.45) is 6.90. The predicted octanol–water partition coefficient (Wildman–Crippen LogP) is 3.68. The maximum atomic E-state index is 12.7. The van der Waals surface area contributed by atoms with E-state index in [9.17, 15) is 14.4 Å². The summed E-state index contributed by atoms with van der Waals surface area (Å²) < 4.78 is 5.53. The molecule has 2 aromatic rings. The van der Waals surface area contributed by atoms with Crippen molar-refractivity contribution in [1.29, 1.82) is 0 Å². The summed E-state index contributed by atoms with van der Waals surface area (Å²) >= 11 is 0. The van der Waals surface area contributed by atoms with Gasteiger partial charge in [-0.15, -0.1) is 12.3 Å². The zero-order chi connectivity index (χ0) is 24.1. The molecule has 3 atom stereocenters. The largest absolute Gasteiger partial charge is 0.481 e. The first-order valence-electron chi connectivity index (χ1n) is 11.5. The van der Waals surface area contributed by atoms with Gasteiger partial charge in [0.05, 0.1) is 0 Å². The monoisotopic (exact) mass is 460 g/mol. The second-order valence-corrected chi connectivity index (χ2v) is 8.91. The van der Waals surface area contributed by atoms with E-state index in [0.717, 1.165) is 28.7 Å². The van der Waals surface area contributed by atoms with Gasteiger partial charge in [-0.2, -0.15) is 0 Å². The summed E-state index contributed by atoms with van der Waals surface area (Å²) in [5.41, 5.74) is 4.47. The van der Waals surface area contributed by atoms with Crippen molar-refractivity contribution >= 4 is 18.0 Å². The van der Waals surface area contributed by atoms with E-state index in [2.05, 4.69) is 28.7 Å². The normalized spacial score (nSPS) is 19.4. The Morgan fingerprint density at radius 2 is 1.71 bits per heavy atom. The van der Waals surface area contributed by atoms with Gasteiger partial charge in [0.15, 0.2) is 0 Å². The summed E-state index contributed by atoms with van der Waals surface area (Å²) in [4.78, 5) is 36.2. The number of aliphatic carboxylic acids is 1. The van der Waals surface area contributed by atoms with E-state index in [0.29, 0.717) is 12.8 Å². The van der Waals surface area contributed by atoms with E-state index < -0.39 is 18.1 Å². The number of rotatable bonds is 8. The molecule has 1 fully saturated rings. The van der Waals surface area contributed by atoms with Gasteiger partial charge in [-0.1, -0.05) is 48.5 Å². The van der Waals surface area contributed by atoms with Crippen LogP contribution >= 0.6 is 0 Å². The first kappa shape index (κ1) is 23.4. The highest BCUT2D eigenvalue weighted by Crippen LogP contribution is 2.44. The van der Waals surface area contributed by atoms with Crippen LogP contribution in [-0.2, 0) is 14.3 Å². The van der Waals surface area contributed by atoms with Crippen molar-refractivity contribution in [3.63, 3.8) is 0 Å². The Hall–Kier alpha value is -3.79. The topological polar surface area (TPSA) is 105 Å². The van der Waals surface area contributed by atoms with Crippen LogP contribution in [-0.4, -0.2) is 41.8 Å². The number of carboxylic acids is 1. The molecule has 2 aliphatic carbocycles. The van der Waals surface area contributed by atoms with Crippen molar-refractivity contribution in [3.05, 3.63) is 59.7 Å². The third kappa shape index (κ3) is 5.23. The second-order valence-electron chi connectivity index (χ2n) is 8.91. The molecule has 7 heteroatoms. The third-order valence-electron chi connectivity index (χ3n) is 6.63. The maximum absolute atomic E-state index is 12.7. The van der Waals surface area contributed by atoms with E-state index in [4.69, 9.17) is 16.3 Å². The van der Waals surface area contributed by atoms with Crippen LogP contribution in [0, 0.1) is 18.3 Å². The smallest absolute Gasteiger partial charge is 0.407 e. The molecule has 7 nitrogen and oxygen atoms in total. The molecule has 3 unspecified atom stereocenters. The van der Waals surface area contributed by atoms with E-state index in [1.54, 1.807) is 0 Å². The lowest BCUT2D eigenvalue weighted by atomic mass is 9.98. The molecular weight excluding hydrogens is 432 g/mol. The quantitative estimate of drug-likeness (QED) is 0.522.